The number of rotatable bonds is 4. The average molecular weight is 257 g/mol. The zero-order valence-corrected chi connectivity index (χ0v) is 12.0. The van der Waals surface area contributed by atoms with Gasteiger partial charge in [0.05, 0.1) is 0 Å². The van der Waals surface area contributed by atoms with Gasteiger partial charge >= 0.3 is 0 Å². The van der Waals surface area contributed by atoms with Crippen LogP contribution in [0.5, 0.6) is 0 Å². The molecule has 0 bridgehead atoms. The van der Waals surface area contributed by atoms with Gasteiger partial charge in [0.2, 0.25) is 0 Å². The van der Waals surface area contributed by atoms with Crippen molar-refractivity contribution in [3.63, 3.8) is 0 Å². The molecular formula is C18H27N. The van der Waals surface area contributed by atoms with E-state index in [2.05, 4.69) is 35.6 Å². The monoisotopic (exact) mass is 257 g/mol. The molecule has 0 saturated heterocycles. The van der Waals surface area contributed by atoms with Crippen LogP contribution in [0.1, 0.15) is 69.4 Å². The lowest BCUT2D eigenvalue weighted by molar-refractivity contribution is 0.337. The first-order chi connectivity index (χ1) is 9.43. The van der Waals surface area contributed by atoms with Gasteiger partial charge in [-0.15, -0.1) is 0 Å². The Bertz CT molecular complexity index is 361. The number of benzene rings is 1. The highest BCUT2D eigenvalue weighted by molar-refractivity contribution is 5.21. The van der Waals surface area contributed by atoms with Crippen LogP contribution in [-0.4, -0.2) is 6.04 Å². The van der Waals surface area contributed by atoms with Crippen LogP contribution >= 0.6 is 0 Å². The lowest BCUT2D eigenvalue weighted by atomic mass is 9.94. The van der Waals surface area contributed by atoms with Crippen LogP contribution < -0.4 is 5.32 Å². The summed E-state index contributed by atoms with van der Waals surface area (Å²) in [6.45, 7) is 0. The molecule has 1 atom stereocenters. The Labute approximate surface area is 117 Å². The predicted molar refractivity (Wildman–Crippen MR) is 81.1 cm³/mol. The first-order valence-electron chi connectivity index (χ1n) is 8.24. The number of hydrogen-bond acceptors (Lipinski definition) is 1. The van der Waals surface area contributed by atoms with Crippen LogP contribution in [0.25, 0.3) is 0 Å². The van der Waals surface area contributed by atoms with Crippen molar-refractivity contribution >= 4 is 0 Å². The van der Waals surface area contributed by atoms with Crippen molar-refractivity contribution in [3.8, 4) is 0 Å². The van der Waals surface area contributed by atoms with Gasteiger partial charge in [-0.3, -0.25) is 0 Å². The van der Waals surface area contributed by atoms with Gasteiger partial charge in [0.15, 0.2) is 0 Å². The summed E-state index contributed by atoms with van der Waals surface area (Å²) in [6, 6.07) is 12.5. The fraction of sp³-hybridized carbons (Fsp3) is 0.667. The van der Waals surface area contributed by atoms with Crippen LogP contribution in [0, 0.1) is 5.92 Å². The van der Waals surface area contributed by atoms with Crippen molar-refractivity contribution in [2.45, 2.75) is 69.9 Å². The highest BCUT2D eigenvalue weighted by Gasteiger charge is 2.33. The maximum Gasteiger partial charge on any atom is 0.0351 e. The molecule has 2 aliphatic rings. The van der Waals surface area contributed by atoms with E-state index >= 15 is 0 Å². The van der Waals surface area contributed by atoms with Gasteiger partial charge < -0.3 is 5.32 Å². The smallest absolute Gasteiger partial charge is 0.0351 e. The van der Waals surface area contributed by atoms with Gasteiger partial charge in [0.25, 0.3) is 0 Å². The maximum atomic E-state index is 4.00. The first-order valence-corrected chi connectivity index (χ1v) is 8.24. The first kappa shape index (κ1) is 13.2. The topological polar surface area (TPSA) is 12.0 Å². The SMILES string of the molecule is c1ccc(C(NC2CCCCCCC2)C2CC2)cc1. The Balaban J connectivity index is 1.64. The minimum Gasteiger partial charge on any atom is -0.307 e. The molecule has 1 aromatic rings. The summed E-state index contributed by atoms with van der Waals surface area (Å²) in [5, 5.41) is 4.00. The molecule has 0 spiro atoms. The Hall–Kier alpha value is -0.820. The summed E-state index contributed by atoms with van der Waals surface area (Å²) >= 11 is 0. The summed E-state index contributed by atoms with van der Waals surface area (Å²) in [5.74, 6) is 0.896. The molecule has 1 nitrogen and oxygen atoms in total. The summed E-state index contributed by atoms with van der Waals surface area (Å²) in [4.78, 5) is 0. The molecule has 0 amide bonds. The van der Waals surface area contributed by atoms with Gasteiger partial charge in [0.1, 0.15) is 0 Å². The number of hydrogen-bond donors (Lipinski definition) is 1. The van der Waals surface area contributed by atoms with Crippen LogP contribution in [0.15, 0.2) is 30.3 Å². The van der Waals surface area contributed by atoms with Gasteiger partial charge in [-0.2, -0.15) is 0 Å². The second-order valence-corrected chi connectivity index (χ2v) is 6.43. The molecule has 1 N–H and O–H groups in total. The quantitative estimate of drug-likeness (QED) is 0.814. The van der Waals surface area contributed by atoms with Crippen molar-refractivity contribution in [2.24, 2.45) is 5.92 Å². The zero-order chi connectivity index (χ0) is 12.9. The van der Waals surface area contributed by atoms with Crippen molar-refractivity contribution in [3.05, 3.63) is 35.9 Å². The minimum absolute atomic E-state index is 0.616. The van der Waals surface area contributed by atoms with Crippen LogP contribution in [0.2, 0.25) is 0 Å². The third-order valence-corrected chi connectivity index (χ3v) is 4.77. The second-order valence-electron chi connectivity index (χ2n) is 6.43. The van der Waals surface area contributed by atoms with Crippen molar-refractivity contribution in [1.82, 2.24) is 5.32 Å². The van der Waals surface area contributed by atoms with E-state index in [1.165, 1.54) is 63.4 Å². The Morgan fingerprint density at radius 2 is 1.42 bits per heavy atom. The van der Waals surface area contributed by atoms with Gasteiger partial charge in [-0.05, 0) is 37.2 Å². The van der Waals surface area contributed by atoms with E-state index in [0.717, 1.165) is 12.0 Å². The van der Waals surface area contributed by atoms with Gasteiger partial charge in [-0.25, -0.2) is 0 Å². The fourth-order valence-corrected chi connectivity index (χ4v) is 3.47. The zero-order valence-electron chi connectivity index (χ0n) is 12.0. The lowest BCUT2D eigenvalue weighted by Crippen LogP contribution is -2.34. The summed E-state index contributed by atoms with van der Waals surface area (Å²) in [6.07, 6.45) is 12.8. The van der Waals surface area contributed by atoms with Crippen LogP contribution in [0.3, 0.4) is 0 Å². The van der Waals surface area contributed by atoms with E-state index in [4.69, 9.17) is 0 Å². The molecule has 0 aromatic heterocycles. The Kier molecular flexibility index (Phi) is 4.55. The fourth-order valence-electron chi connectivity index (χ4n) is 3.47. The highest BCUT2D eigenvalue weighted by Crippen LogP contribution is 2.41. The molecule has 1 aromatic carbocycles. The summed E-state index contributed by atoms with van der Waals surface area (Å²) in [7, 11) is 0. The van der Waals surface area contributed by atoms with Crippen LogP contribution in [0.4, 0.5) is 0 Å². The third-order valence-electron chi connectivity index (χ3n) is 4.77. The molecule has 104 valence electrons. The molecule has 0 heterocycles. The highest BCUT2D eigenvalue weighted by atomic mass is 15.0. The Morgan fingerprint density at radius 3 is 2.05 bits per heavy atom. The summed E-state index contributed by atoms with van der Waals surface area (Å²) in [5.41, 5.74) is 1.51. The molecule has 0 radical (unpaired) electrons. The predicted octanol–water partition coefficient (Wildman–Crippen LogP) is 4.84. The van der Waals surface area contributed by atoms with Crippen LogP contribution in [-0.2, 0) is 0 Å². The molecule has 2 fully saturated rings. The minimum atomic E-state index is 0.616. The molecule has 1 unspecified atom stereocenters. The molecule has 2 saturated carbocycles. The van der Waals surface area contributed by atoms with E-state index in [1.807, 2.05) is 0 Å². The number of nitrogens with one attached hydrogen (secondary N) is 1. The Morgan fingerprint density at radius 1 is 0.789 bits per heavy atom. The second kappa shape index (κ2) is 6.56. The third kappa shape index (κ3) is 3.82. The molecule has 2 aliphatic carbocycles. The van der Waals surface area contributed by atoms with Gasteiger partial charge in [0, 0.05) is 12.1 Å². The lowest BCUT2D eigenvalue weighted by Gasteiger charge is -2.27. The van der Waals surface area contributed by atoms with Crippen molar-refractivity contribution < 1.29 is 0 Å². The van der Waals surface area contributed by atoms with Gasteiger partial charge in [-0.1, -0.05) is 62.4 Å². The molecule has 19 heavy (non-hydrogen) atoms. The van der Waals surface area contributed by atoms with E-state index < -0.39 is 0 Å². The normalized spacial score (nSPS) is 23.6. The average Bonchev–Trinajstić information content (AvgIpc) is 3.23. The largest absolute Gasteiger partial charge is 0.307 e. The van der Waals surface area contributed by atoms with E-state index in [-0.39, 0.29) is 0 Å². The standard InChI is InChI=1S/C18H27N/c1-2-7-11-17(12-8-3-1)19-18(16-13-14-16)15-9-5-4-6-10-15/h4-6,9-10,16-19H,1-3,7-8,11-14H2. The van der Waals surface area contributed by atoms with E-state index in [0.29, 0.717) is 6.04 Å². The van der Waals surface area contributed by atoms with E-state index in [9.17, 15) is 0 Å². The maximum absolute atomic E-state index is 4.00. The molecular weight excluding hydrogens is 230 g/mol. The van der Waals surface area contributed by atoms with E-state index in [1.54, 1.807) is 0 Å². The van der Waals surface area contributed by atoms with Crippen molar-refractivity contribution in [2.75, 3.05) is 0 Å². The molecule has 0 aliphatic heterocycles. The van der Waals surface area contributed by atoms with Crippen molar-refractivity contribution in [1.29, 1.82) is 0 Å². The summed E-state index contributed by atoms with van der Waals surface area (Å²) < 4.78 is 0. The molecule has 1 heteroatoms. The molecule has 3 rings (SSSR count).